The Labute approximate surface area is 114 Å². The first-order valence-corrected chi connectivity index (χ1v) is 7.48. The second-order valence-electron chi connectivity index (χ2n) is 7.41. The maximum absolute atomic E-state index is 10.9. The molecule has 3 fully saturated rings. The fourth-order valence-electron chi connectivity index (χ4n) is 5.15. The van der Waals surface area contributed by atoms with Crippen LogP contribution in [0.4, 0.5) is 0 Å². The van der Waals surface area contributed by atoms with Crippen molar-refractivity contribution in [2.75, 3.05) is 6.61 Å². The molecule has 19 heavy (non-hydrogen) atoms. The topological polar surface area (TPSA) is 69.9 Å². The van der Waals surface area contributed by atoms with E-state index in [4.69, 9.17) is 4.74 Å². The molecule has 2 saturated carbocycles. The number of hydrogen-bond acceptors (Lipinski definition) is 4. The summed E-state index contributed by atoms with van der Waals surface area (Å²) in [6.07, 6.45) is 2.52. The van der Waals surface area contributed by atoms with Crippen LogP contribution in [0.3, 0.4) is 0 Å². The summed E-state index contributed by atoms with van der Waals surface area (Å²) in [6.45, 7) is 5.99. The Bertz CT molecular complexity index is 386. The molecule has 7 atom stereocenters. The number of ether oxygens (including phenoxy) is 1. The third-order valence-electron chi connectivity index (χ3n) is 6.52. The quantitative estimate of drug-likeness (QED) is 0.667. The summed E-state index contributed by atoms with van der Waals surface area (Å²) in [4.78, 5) is 0. The maximum Gasteiger partial charge on any atom is 0.106 e. The van der Waals surface area contributed by atoms with Gasteiger partial charge in [-0.25, -0.2) is 0 Å². The third kappa shape index (κ3) is 1.44. The van der Waals surface area contributed by atoms with Crippen molar-refractivity contribution in [3.8, 4) is 0 Å². The zero-order chi connectivity index (χ0) is 14.1. The van der Waals surface area contributed by atoms with E-state index < -0.39 is 23.4 Å². The number of aliphatic hydroxyl groups excluding tert-OH is 3. The molecule has 1 unspecified atom stereocenters. The third-order valence-corrected chi connectivity index (χ3v) is 6.52. The second-order valence-corrected chi connectivity index (χ2v) is 7.41. The van der Waals surface area contributed by atoms with Crippen molar-refractivity contribution in [1.82, 2.24) is 0 Å². The van der Waals surface area contributed by atoms with Crippen LogP contribution in [-0.4, -0.2) is 45.3 Å². The molecule has 3 aliphatic rings. The molecule has 3 N–H and O–H groups in total. The van der Waals surface area contributed by atoms with Crippen molar-refractivity contribution >= 4 is 0 Å². The zero-order valence-electron chi connectivity index (χ0n) is 12.1. The van der Waals surface area contributed by atoms with Crippen LogP contribution in [0.2, 0.25) is 0 Å². The average molecular weight is 270 g/mol. The monoisotopic (exact) mass is 270 g/mol. The SMILES string of the molecule is C[C@H]1[C@H](O)CC[C@]2(C)CC[C@H]3[C@H](O)[C@@]12OC3(C)CO. The lowest BCUT2D eigenvalue weighted by molar-refractivity contribution is -0.251. The molecule has 1 aliphatic heterocycles. The van der Waals surface area contributed by atoms with Crippen LogP contribution >= 0.6 is 0 Å². The van der Waals surface area contributed by atoms with Crippen molar-refractivity contribution in [1.29, 1.82) is 0 Å². The molecular weight excluding hydrogens is 244 g/mol. The molecule has 4 heteroatoms. The molecule has 0 radical (unpaired) electrons. The minimum absolute atomic E-state index is 0.0293. The molecule has 1 spiro atoms. The number of aliphatic hydroxyl groups is 3. The van der Waals surface area contributed by atoms with E-state index >= 15 is 0 Å². The molecule has 3 rings (SSSR count). The van der Waals surface area contributed by atoms with Crippen LogP contribution in [0, 0.1) is 17.3 Å². The summed E-state index contributed by atoms with van der Waals surface area (Å²) < 4.78 is 6.35. The fraction of sp³-hybridized carbons (Fsp3) is 1.00. The first kappa shape index (κ1) is 13.8. The van der Waals surface area contributed by atoms with Crippen LogP contribution in [0.5, 0.6) is 0 Å². The van der Waals surface area contributed by atoms with Gasteiger partial charge in [-0.2, -0.15) is 0 Å². The average Bonchev–Trinajstić information content (AvgIpc) is 2.54. The molecule has 1 heterocycles. The Hall–Kier alpha value is -0.160. The lowest BCUT2D eigenvalue weighted by Gasteiger charge is -2.58. The Morgan fingerprint density at radius 3 is 2.42 bits per heavy atom. The van der Waals surface area contributed by atoms with Gasteiger partial charge in [-0.15, -0.1) is 0 Å². The van der Waals surface area contributed by atoms with Crippen molar-refractivity contribution in [3.05, 3.63) is 0 Å². The number of hydrogen-bond donors (Lipinski definition) is 3. The van der Waals surface area contributed by atoms with E-state index in [0.29, 0.717) is 0 Å². The molecule has 2 bridgehead atoms. The van der Waals surface area contributed by atoms with E-state index in [1.54, 1.807) is 0 Å². The maximum atomic E-state index is 10.9. The molecule has 110 valence electrons. The van der Waals surface area contributed by atoms with E-state index in [1.807, 2.05) is 13.8 Å². The number of fused-ring (bicyclic) bond motifs is 1. The van der Waals surface area contributed by atoms with E-state index in [0.717, 1.165) is 25.7 Å². The highest BCUT2D eigenvalue weighted by atomic mass is 16.6. The van der Waals surface area contributed by atoms with Gasteiger partial charge in [0.1, 0.15) is 5.60 Å². The summed E-state index contributed by atoms with van der Waals surface area (Å²) in [6, 6.07) is 0. The van der Waals surface area contributed by atoms with Gasteiger partial charge in [0.25, 0.3) is 0 Å². The normalized spacial score (nSPS) is 60.9. The van der Waals surface area contributed by atoms with Crippen LogP contribution in [0.1, 0.15) is 46.5 Å². The lowest BCUT2D eigenvalue weighted by atomic mass is 9.51. The highest BCUT2D eigenvalue weighted by molar-refractivity contribution is 5.21. The van der Waals surface area contributed by atoms with E-state index in [9.17, 15) is 15.3 Å². The van der Waals surface area contributed by atoms with Gasteiger partial charge in [0.15, 0.2) is 0 Å². The van der Waals surface area contributed by atoms with Gasteiger partial charge in [0.05, 0.1) is 24.4 Å². The van der Waals surface area contributed by atoms with Crippen molar-refractivity contribution in [2.24, 2.45) is 17.3 Å². The first-order chi connectivity index (χ1) is 8.81. The summed E-state index contributed by atoms with van der Waals surface area (Å²) in [5, 5.41) is 30.8. The minimum atomic E-state index is -0.703. The summed E-state index contributed by atoms with van der Waals surface area (Å²) in [5.74, 6) is -0.129. The first-order valence-electron chi connectivity index (χ1n) is 7.48. The van der Waals surface area contributed by atoms with E-state index in [-0.39, 0.29) is 23.9 Å². The van der Waals surface area contributed by atoms with Gasteiger partial charge in [0.2, 0.25) is 0 Å². The van der Waals surface area contributed by atoms with Gasteiger partial charge in [0, 0.05) is 11.8 Å². The predicted molar refractivity (Wildman–Crippen MR) is 70.5 cm³/mol. The van der Waals surface area contributed by atoms with Gasteiger partial charge in [-0.3, -0.25) is 0 Å². The van der Waals surface area contributed by atoms with Gasteiger partial charge >= 0.3 is 0 Å². The van der Waals surface area contributed by atoms with Crippen LogP contribution in [-0.2, 0) is 4.74 Å². The molecule has 2 aliphatic carbocycles. The van der Waals surface area contributed by atoms with E-state index in [1.165, 1.54) is 0 Å². The highest BCUT2D eigenvalue weighted by Gasteiger charge is 2.72. The highest BCUT2D eigenvalue weighted by Crippen LogP contribution is 2.65. The van der Waals surface area contributed by atoms with Crippen LogP contribution in [0.25, 0.3) is 0 Å². The van der Waals surface area contributed by atoms with Gasteiger partial charge in [-0.05, 0) is 38.0 Å². The Kier molecular flexibility index (Phi) is 2.86. The molecule has 0 aromatic carbocycles. The molecular formula is C15H26O4. The lowest BCUT2D eigenvalue weighted by Crippen LogP contribution is -2.65. The second kappa shape index (κ2) is 3.94. The van der Waals surface area contributed by atoms with Gasteiger partial charge in [-0.1, -0.05) is 13.8 Å². The Morgan fingerprint density at radius 1 is 1.16 bits per heavy atom. The Balaban J connectivity index is 2.11. The standard InChI is InChI=1S/C15H26O4/c1-9-11(17)5-7-13(2)6-4-10-12(18)15(9,13)19-14(10,3)8-16/h9-12,16-18H,4-8H2,1-3H3/t9-,10-,11+,12-,13-,14?,15-/m0/s1. The van der Waals surface area contributed by atoms with Crippen LogP contribution < -0.4 is 0 Å². The van der Waals surface area contributed by atoms with Crippen LogP contribution in [0.15, 0.2) is 0 Å². The smallest absolute Gasteiger partial charge is 0.106 e. The predicted octanol–water partition coefficient (Wildman–Crippen LogP) is 1.07. The summed E-state index contributed by atoms with van der Waals surface area (Å²) in [7, 11) is 0. The van der Waals surface area contributed by atoms with E-state index in [2.05, 4.69) is 6.92 Å². The number of rotatable bonds is 1. The largest absolute Gasteiger partial charge is 0.393 e. The zero-order valence-corrected chi connectivity index (χ0v) is 12.1. The summed E-state index contributed by atoms with van der Waals surface area (Å²) >= 11 is 0. The molecule has 0 aromatic rings. The summed E-state index contributed by atoms with van der Waals surface area (Å²) in [5.41, 5.74) is -1.48. The molecule has 4 nitrogen and oxygen atoms in total. The van der Waals surface area contributed by atoms with Crippen molar-refractivity contribution < 1.29 is 20.1 Å². The fourth-order valence-corrected chi connectivity index (χ4v) is 5.15. The minimum Gasteiger partial charge on any atom is -0.393 e. The van der Waals surface area contributed by atoms with Gasteiger partial charge < -0.3 is 20.1 Å². The van der Waals surface area contributed by atoms with Crippen molar-refractivity contribution in [3.63, 3.8) is 0 Å². The molecule has 1 saturated heterocycles. The van der Waals surface area contributed by atoms with Crippen molar-refractivity contribution in [2.45, 2.75) is 69.9 Å². The Morgan fingerprint density at radius 2 is 1.79 bits per heavy atom. The molecule has 0 aromatic heterocycles. The molecule has 0 amide bonds.